The van der Waals surface area contributed by atoms with Crippen molar-refractivity contribution >= 4 is 27.7 Å². The van der Waals surface area contributed by atoms with Gasteiger partial charge in [-0.3, -0.25) is 0 Å². The maximum Gasteiger partial charge on any atom is 0.315 e. The number of amides is 2. The molecule has 2 atom stereocenters. The largest absolute Gasteiger partial charge is 0.431 e. The summed E-state index contributed by atoms with van der Waals surface area (Å²) in [4.78, 5) is 23.1. The second-order valence-corrected chi connectivity index (χ2v) is 8.67. The van der Waals surface area contributed by atoms with Crippen LogP contribution in [0, 0.1) is 0 Å². The van der Waals surface area contributed by atoms with E-state index in [4.69, 9.17) is 10.5 Å². The average Bonchev–Trinajstić information content (AvgIpc) is 3.25. The van der Waals surface area contributed by atoms with Crippen LogP contribution in [0.25, 0.3) is 10.3 Å². The van der Waals surface area contributed by atoms with Gasteiger partial charge >= 0.3 is 6.03 Å². The zero-order valence-electron chi connectivity index (χ0n) is 16.0. The second-order valence-electron chi connectivity index (χ2n) is 7.73. The van der Waals surface area contributed by atoms with Crippen molar-refractivity contribution in [1.29, 1.82) is 0 Å². The monoisotopic (exact) mass is 409 g/mol. The number of carbonyl (C=O) groups is 1. The van der Waals surface area contributed by atoms with E-state index in [1.54, 1.807) is 6.20 Å². The van der Waals surface area contributed by atoms with Gasteiger partial charge in [0, 0.05) is 30.9 Å². The fourth-order valence-corrected chi connectivity index (χ4v) is 5.31. The molecule has 150 valence electrons. The van der Waals surface area contributed by atoms with Gasteiger partial charge in [0.05, 0.1) is 0 Å². The number of rotatable bonds is 5. The Balaban J connectivity index is 1.17. The van der Waals surface area contributed by atoms with E-state index in [1.165, 1.54) is 16.9 Å². The first-order valence-electron chi connectivity index (χ1n) is 9.95. The normalized spacial score (nSPS) is 23.4. The Morgan fingerprint density at radius 2 is 1.97 bits per heavy atom. The number of carbonyl (C=O) groups excluding carboxylic acids is 1. The molecule has 1 aromatic carbocycles. The molecule has 2 aliphatic rings. The minimum Gasteiger partial charge on any atom is -0.431 e. The van der Waals surface area contributed by atoms with Crippen molar-refractivity contribution in [3.63, 3.8) is 0 Å². The molecule has 4 heterocycles. The fourth-order valence-electron chi connectivity index (χ4n) is 4.54. The summed E-state index contributed by atoms with van der Waals surface area (Å²) in [6.07, 6.45) is 5.85. The van der Waals surface area contributed by atoms with Crippen molar-refractivity contribution in [3.8, 4) is 10.9 Å². The predicted molar refractivity (Wildman–Crippen MR) is 112 cm³/mol. The predicted octanol–water partition coefficient (Wildman–Crippen LogP) is 3.65. The Morgan fingerprint density at radius 3 is 2.66 bits per heavy atom. The van der Waals surface area contributed by atoms with Crippen LogP contribution in [-0.4, -0.2) is 39.0 Å². The first-order valence-corrected chi connectivity index (χ1v) is 10.8. The van der Waals surface area contributed by atoms with E-state index in [0.29, 0.717) is 23.3 Å². The fraction of sp³-hybridized carbons (Fsp3) is 0.381. The number of fused-ring (bicyclic) bond motifs is 3. The van der Waals surface area contributed by atoms with E-state index in [-0.39, 0.29) is 6.03 Å². The van der Waals surface area contributed by atoms with E-state index in [1.807, 2.05) is 29.2 Å². The van der Waals surface area contributed by atoms with Gasteiger partial charge in [0.15, 0.2) is 0 Å². The van der Waals surface area contributed by atoms with Gasteiger partial charge in [0.2, 0.25) is 0 Å². The highest BCUT2D eigenvalue weighted by Gasteiger charge is 2.42. The third kappa shape index (κ3) is 3.77. The van der Waals surface area contributed by atoms with Crippen LogP contribution in [0.1, 0.15) is 31.2 Å². The topological polar surface area (TPSA) is 93.4 Å². The number of nitrogens with one attached hydrogen (secondary N) is 1. The van der Waals surface area contributed by atoms with Crippen molar-refractivity contribution < 1.29 is 9.53 Å². The highest BCUT2D eigenvalue weighted by atomic mass is 32.1. The number of hydrogen-bond donors (Lipinski definition) is 2. The Kier molecular flexibility index (Phi) is 4.81. The van der Waals surface area contributed by atoms with E-state index in [9.17, 15) is 4.79 Å². The molecule has 0 saturated carbocycles. The van der Waals surface area contributed by atoms with Crippen LogP contribution in [-0.2, 0) is 6.54 Å². The van der Waals surface area contributed by atoms with Gasteiger partial charge < -0.3 is 20.7 Å². The van der Waals surface area contributed by atoms with Crippen molar-refractivity contribution in [2.24, 2.45) is 5.73 Å². The van der Waals surface area contributed by atoms with Crippen LogP contribution < -0.4 is 15.8 Å². The molecule has 8 heteroatoms. The summed E-state index contributed by atoms with van der Waals surface area (Å²) in [6.45, 7) is 0.798. The lowest BCUT2D eigenvalue weighted by Crippen LogP contribution is -2.53. The first-order chi connectivity index (χ1) is 14.2. The maximum absolute atomic E-state index is 11.6. The number of aromatic nitrogens is 2. The Labute approximate surface area is 172 Å². The number of benzene rings is 1. The van der Waals surface area contributed by atoms with Crippen molar-refractivity contribution in [1.82, 2.24) is 20.2 Å². The molecular weight excluding hydrogens is 386 g/mol. The molecule has 0 radical (unpaired) electrons. The van der Waals surface area contributed by atoms with Crippen molar-refractivity contribution in [2.75, 3.05) is 0 Å². The minimum absolute atomic E-state index is 0.268. The number of nitrogens with zero attached hydrogens (tertiary/aromatic N) is 3. The van der Waals surface area contributed by atoms with E-state index in [0.717, 1.165) is 48.3 Å². The van der Waals surface area contributed by atoms with Gasteiger partial charge in [-0.25, -0.2) is 14.8 Å². The maximum atomic E-state index is 11.6. The van der Waals surface area contributed by atoms with Gasteiger partial charge in [-0.05, 0) is 55.5 Å². The van der Waals surface area contributed by atoms with E-state index >= 15 is 0 Å². The molecule has 2 aliphatic heterocycles. The number of ether oxygens (including phenoxy) is 1. The van der Waals surface area contributed by atoms with Crippen LogP contribution >= 0.6 is 11.3 Å². The Morgan fingerprint density at radius 1 is 1.21 bits per heavy atom. The van der Waals surface area contributed by atoms with Gasteiger partial charge in [0.25, 0.3) is 5.19 Å². The smallest absolute Gasteiger partial charge is 0.315 e. The summed E-state index contributed by atoms with van der Waals surface area (Å²) in [5.41, 5.74) is 7.59. The molecule has 3 aromatic rings. The number of hydrogen-bond acceptors (Lipinski definition) is 6. The van der Waals surface area contributed by atoms with Gasteiger partial charge in [-0.1, -0.05) is 23.5 Å². The molecule has 5 rings (SSSR count). The highest BCUT2D eigenvalue weighted by Crippen LogP contribution is 2.35. The molecule has 2 bridgehead atoms. The van der Waals surface area contributed by atoms with E-state index < -0.39 is 0 Å². The number of nitrogens with two attached hydrogens (primary N) is 1. The van der Waals surface area contributed by atoms with Crippen LogP contribution in [0.5, 0.6) is 10.9 Å². The average molecular weight is 410 g/mol. The summed E-state index contributed by atoms with van der Waals surface area (Å²) < 4.78 is 5.88. The lowest BCUT2D eigenvalue weighted by molar-refractivity contribution is 0.138. The molecular formula is C21H23N5O2S. The molecule has 0 aliphatic carbocycles. The lowest BCUT2D eigenvalue weighted by Gasteiger charge is -2.38. The molecule has 0 spiro atoms. The summed E-state index contributed by atoms with van der Waals surface area (Å²) in [5, 5.41) is 4.25. The van der Waals surface area contributed by atoms with Crippen molar-refractivity contribution in [2.45, 2.75) is 50.4 Å². The SMILES string of the molecule is NC(=O)N1C2CCC1CC(NCc1ccc(Oc3nc4cccnc4s3)cc1)C2. The minimum atomic E-state index is -0.268. The number of thiazole rings is 1. The van der Waals surface area contributed by atoms with Gasteiger partial charge in [0.1, 0.15) is 16.1 Å². The van der Waals surface area contributed by atoms with E-state index in [2.05, 4.69) is 27.4 Å². The number of primary amides is 1. The lowest BCUT2D eigenvalue weighted by atomic mass is 9.97. The molecule has 2 aromatic heterocycles. The van der Waals surface area contributed by atoms with Crippen molar-refractivity contribution in [3.05, 3.63) is 48.2 Å². The summed E-state index contributed by atoms with van der Waals surface area (Å²) in [7, 11) is 0. The number of piperidine rings is 1. The van der Waals surface area contributed by atoms with Gasteiger partial charge in [-0.2, -0.15) is 0 Å². The molecule has 2 saturated heterocycles. The molecule has 2 unspecified atom stereocenters. The highest BCUT2D eigenvalue weighted by molar-refractivity contribution is 7.19. The third-order valence-corrected chi connectivity index (χ3v) is 6.71. The van der Waals surface area contributed by atoms with Gasteiger partial charge in [-0.15, -0.1) is 0 Å². The third-order valence-electron chi connectivity index (χ3n) is 5.86. The molecule has 2 amide bonds. The number of urea groups is 1. The Hall–Kier alpha value is -2.71. The molecule has 3 N–H and O–H groups in total. The summed E-state index contributed by atoms with van der Waals surface area (Å²) in [5.74, 6) is 0.764. The molecule has 2 fully saturated rings. The molecule has 29 heavy (non-hydrogen) atoms. The van der Waals surface area contributed by atoms with Crippen LogP contribution in [0.3, 0.4) is 0 Å². The first kappa shape index (κ1) is 18.3. The quantitative estimate of drug-likeness (QED) is 0.671. The summed E-state index contributed by atoms with van der Waals surface area (Å²) in [6, 6.07) is 12.6. The number of pyridine rings is 1. The standard InChI is InChI=1S/C21H23N5O2S/c22-20(27)26-15-5-6-16(26)11-14(10-15)24-12-13-3-7-17(8-4-13)28-21-25-18-2-1-9-23-19(18)29-21/h1-4,7-9,14-16,24H,5-6,10-12H2,(H2,22,27). The summed E-state index contributed by atoms with van der Waals surface area (Å²) >= 11 is 1.44. The zero-order chi connectivity index (χ0) is 19.8. The van der Waals surface area contributed by atoms with Crippen LogP contribution in [0.4, 0.5) is 4.79 Å². The molecule has 7 nitrogen and oxygen atoms in total. The van der Waals surface area contributed by atoms with Crippen LogP contribution in [0.2, 0.25) is 0 Å². The second kappa shape index (κ2) is 7.61. The Bertz CT molecular complexity index is 974. The zero-order valence-corrected chi connectivity index (χ0v) is 16.8. The van der Waals surface area contributed by atoms with Crippen LogP contribution in [0.15, 0.2) is 42.6 Å².